The summed E-state index contributed by atoms with van der Waals surface area (Å²) in [7, 11) is 0. The molecule has 0 unspecified atom stereocenters. The van der Waals surface area contributed by atoms with Crippen LogP contribution in [0.4, 0.5) is 0 Å². The Kier molecular flexibility index (Phi) is 4.81. The number of hydrogen-bond acceptors (Lipinski definition) is 1. The molecule has 1 nitrogen and oxygen atoms in total. The average molecular weight is 213 g/mol. The Morgan fingerprint density at radius 3 is 2.79 bits per heavy atom. The number of hydrogen-bond donors (Lipinski definition) is 0. The van der Waals surface area contributed by atoms with E-state index in [2.05, 4.69) is 13.0 Å². The number of halogens is 1. The third-order valence-electron chi connectivity index (χ3n) is 2.23. The van der Waals surface area contributed by atoms with Crippen molar-refractivity contribution in [3.63, 3.8) is 0 Å². The largest absolute Gasteiger partial charge is 0.494 e. The molecule has 0 aliphatic carbocycles. The molecule has 0 saturated carbocycles. The molecule has 78 valence electrons. The summed E-state index contributed by atoms with van der Waals surface area (Å²) in [6, 6.07) is 6.18. The molecule has 0 amide bonds. The number of benzene rings is 1. The van der Waals surface area contributed by atoms with Gasteiger partial charge in [-0.2, -0.15) is 0 Å². The van der Waals surface area contributed by atoms with Crippen molar-refractivity contribution in [1.29, 1.82) is 0 Å². The van der Waals surface area contributed by atoms with Crippen molar-refractivity contribution < 1.29 is 4.74 Å². The summed E-state index contributed by atoms with van der Waals surface area (Å²) in [5.74, 6) is 1.72. The normalized spacial score (nSPS) is 10.2. The zero-order valence-electron chi connectivity index (χ0n) is 8.85. The van der Waals surface area contributed by atoms with Gasteiger partial charge in [0.25, 0.3) is 0 Å². The van der Waals surface area contributed by atoms with Crippen LogP contribution in [0.25, 0.3) is 0 Å². The highest BCUT2D eigenvalue weighted by Gasteiger charge is 2.05. The van der Waals surface area contributed by atoms with Gasteiger partial charge in [-0.1, -0.05) is 12.1 Å². The van der Waals surface area contributed by atoms with Crippen molar-refractivity contribution in [2.24, 2.45) is 0 Å². The van der Waals surface area contributed by atoms with Gasteiger partial charge < -0.3 is 4.74 Å². The van der Waals surface area contributed by atoms with E-state index >= 15 is 0 Å². The fourth-order valence-corrected chi connectivity index (χ4v) is 1.66. The molecule has 0 saturated heterocycles. The smallest absolute Gasteiger partial charge is 0.122 e. The monoisotopic (exact) mass is 212 g/mol. The topological polar surface area (TPSA) is 9.23 Å². The molecule has 0 bridgehead atoms. The van der Waals surface area contributed by atoms with Gasteiger partial charge in [0.2, 0.25) is 0 Å². The number of ether oxygens (including phenoxy) is 1. The Labute approximate surface area is 91.0 Å². The van der Waals surface area contributed by atoms with E-state index < -0.39 is 0 Å². The van der Waals surface area contributed by atoms with Crippen LogP contribution in [0, 0.1) is 6.92 Å². The fraction of sp³-hybridized carbons (Fsp3) is 0.500. The number of aryl methyl sites for hydroxylation is 1. The van der Waals surface area contributed by atoms with E-state index in [1.165, 1.54) is 11.1 Å². The van der Waals surface area contributed by atoms with Crippen LogP contribution in [0.5, 0.6) is 5.75 Å². The molecular formula is C12H17ClO. The van der Waals surface area contributed by atoms with Gasteiger partial charge in [0.15, 0.2) is 0 Å². The third kappa shape index (κ3) is 2.91. The van der Waals surface area contributed by atoms with Crippen molar-refractivity contribution in [2.45, 2.75) is 26.7 Å². The summed E-state index contributed by atoms with van der Waals surface area (Å²) >= 11 is 5.69. The summed E-state index contributed by atoms with van der Waals surface area (Å²) in [4.78, 5) is 0. The first-order valence-corrected chi connectivity index (χ1v) is 5.60. The minimum Gasteiger partial charge on any atom is -0.494 e. The first-order valence-electron chi connectivity index (χ1n) is 5.06. The van der Waals surface area contributed by atoms with Gasteiger partial charge in [-0.05, 0) is 43.9 Å². The SMILES string of the molecule is CCOc1cccc(C)c1CCCCl. The van der Waals surface area contributed by atoms with Crippen LogP contribution >= 0.6 is 11.6 Å². The molecule has 1 aromatic rings. The van der Waals surface area contributed by atoms with Crippen molar-refractivity contribution in [2.75, 3.05) is 12.5 Å². The predicted octanol–water partition coefficient (Wildman–Crippen LogP) is 3.57. The molecule has 14 heavy (non-hydrogen) atoms. The zero-order valence-corrected chi connectivity index (χ0v) is 9.60. The second kappa shape index (κ2) is 5.92. The first-order chi connectivity index (χ1) is 6.79. The van der Waals surface area contributed by atoms with Gasteiger partial charge >= 0.3 is 0 Å². The molecule has 0 atom stereocenters. The maximum absolute atomic E-state index is 5.69. The highest BCUT2D eigenvalue weighted by molar-refractivity contribution is 6.17. The molecule has 0 heterocycles. The van der Waals surface area contributed by atoms with Crippen molar-refractivity contribution in [1.82, 2.24) is 0 Å². The van der Waals surface area contributed by atoms with E-state index in [9.17, 15) is 0 Å². The van der Waals surface area contributed by atoms with Crippen LogP contribution in [0.3, 0.4) is 0 Å². The van der Waals surface area contributed by atoms with Crippen LogP contribution in [-0.4, -0.2) is 12.5 Å². The van der Waals surface area contributed by atoms with Crippen molar-refractivity contribution >= 4 is 11.6 Å². The molecule has 0 radical (unpaired) electrons. The van der Waals surface area contributed by atoms with E-state index in [-0.39, 0.29) is 0 Å². The maximum atomic E-state index is 5.69. The minimum absolute atomic E-state index is 0.708. The van der Waals surface area contributed by atoms with Gasteiger partial charge in [0.05, 0.1) is 6.61 Å². The number of rotatable bonds is 5. The highest BCUT2D eigenvalue weighted by Crippen LogP contribution is 2.23. The highest BCUT2D eigenvalue weighted by atomic mass is 35.5. The van der Waals surface area contributed by atoms with Crippen LogP contribution in [-0.2, 0) is 6.42 Å². The standard InChI is InChI=1S/C12H17ClO/c1-3-14-12-8-4-6-10(2)11(12)7-5-9-13/h4,6,8H,3,5,7,9H2,1-2H3. The first kappa shape index (κ1) is 11.4. The molecule has 0 aliphatic heterocycles. The third-order valence-corrected chi connectivity index (χ3v) is 2.49. The van der Waals surface area contributed by atoms with Crippen LogP contribution in [0.2, 0.25) is 0 Å². The van der Waals surface area contributed by atoms with E-state index in [0.29, 0.717) is 5.88 Å². The Morgan fingerprint density at radius 1 is 1.36 bits per heavy atom. The molecule has 0 aromatic heterocycles. The van der Waals surface area contributed by atoms with Crippen molar-refractivity contribution in [3.05, 3.63) is 29.3 Å². The lowest BCUT2D eigenvalue weighted by molar-refractivity contribution is 0.336. The summed E-state index contributed by atoms with van der Waals surface area (Å²) in [6.45, 7) is 4.84. The quantitative estimate of drug-likeness (QED) is 0.679. The van der Waals surface area contributed by atoms with Gasteiger partial charge in [-0.25, -0.2) is 0 Å². The molecule has 2 heteroatoms. The van der Waals surface area contributed by atoms with Crippen molar-refractivity contribution in [3.8, 4) is 5.75 Å². The van der Waals surface area contributed by atoms with E-state index in [1.807, 2.05) is 19.1 Å². The average Bonchev–Trinajstić information content (AvgIpc) is 2.18. The van der Waals surface area contributed by atoms with E-state index in [4.69, 9.17) is 16.3 Å². The maximum Gasteiger partial charge on any atom is 0.122 e. The number of alkyl halides is 1. The Hall–Kier alpha value is -0.690. The Balaban J connectivity index is 2.84. The van der Waals surface area contributed by atoms with E-state index in [0.717, 1.165) is 25.2 Å². The van der Waals surface area contributed by atoms with Gasteiger partial charge in [-0.3, -0.25) is 0 Å². The predicted molar refractivity (Wildman–Crippen MR) is 61.4 cm³/mol. The lowest BCUT2D eigenvalue weighted by Crippen LogP contribution is -1.99. The van der Waals surface area contributed by atoms with Gasteiger partial charge in [-0.15, -0.1) is 11.6 Å². The lowest BCUT2D eigenvalue weighted by Gasteiger charge is -2.12. The lowest BCUT2D eigenvalue weighted by atomic mass is 10.0. The summed E-state index contributed by atoms with van der Waals surface area (Å²) < 4.78 is 5.57. The molecule has 1 aromatic carbocycles. The summed E-state index contributed by atoms with van der Waals surface area (Å²) in [5, 5.41) is 0. The van der Waals surface area contributed by atoms with Gasteiger partial charge in [0.1, 0.15) is 5.75 Å². The molecule has 0 aliphatic rings. The Bertz CT molecular complexity index is 284. The van der Waals surface area contributed by atoms with Gasteiger partial charge in [0, 0.05) is 5.88 Å². The fourth-order valence-electron chi connectivity index (χ4n) is 1.53. The van der Waals surface area contributed by atoms with Crippen LogP contribution in [0.1, 0.15) is 24.5 Å². The zero-order chi connectivity index (χ0) is 10.4. The van der Waals surface area contributed by atoms with E-state index in [1.54, 1.807) is 0 Å². The summed E-state index contributed by atoms with van der Waals surface area (Å²) in [5.41, 5.74) is 2.59. The summed E-state index contributed by atoms with van der Waals surface area (Å²) in [6.07, 6.45) is 2.01. The molecule has 0 fully saturated rings. The molecular weight excluding hydrogens is 196 g/mol. The second-order valence-electron chi connectivity index (χ2n) is 3.28. The second-order valence-corrected chi connectivity index (χ2v) is 3.66. The van der Waals surface area contributed by atoms with Crippen LogP contribution < -0.4 is 4.74 Å². The molecule has 1 rings (SSSR count). The minimum atomic E-state index is 0.708. The molecule has 0 N–H and O–H groups in total. The van der Waals surface area contributed by atoms with Crippen LogP contribution in [0.15, 0.2) is 18.2 Å². The molecule has 0 spiro atoms. The Morgan fingerprint density at radius 2 is 2.14 bits per heavy atom.